The number of rotatable bonds is 1. The summed E-state index contributed by atoms with van der Waals surface area (Å²) in [7, 11) is 0. The van der Waals surface area contributed by atoms with Gasteiger partial charge in [-0.1, -0.05) is 20.3 Å². The molecule has 2 fully saturated rings. The number of carbonyl (C=O) groups is 1. The minimum atomic E-state index is 0.0340. The van der Waals surface area contributed by atoms with E-state index < -0.39 is 0 Å². The van der Waals surface area contributed by atoms with E-state index in [0.717, 1.165) is 12.3 Å². The number of carbonyl (C=O) groups excluding carboxylic acids is 1. The fourth-order valence-corrected chi connectivity index (χ4v) is 2.74. The van der Waals surface area contributed by atoms with E-state index in [4.69, 9.17) is 4.74 Å². The fourth-order valence-electron chi connectivity index (χ4n) is 2.74. The lowest BCUT2D eigenvalue weighted by molar-refractivity contribution is -0.144. The highest BCUT2D eigenvalue weighted by molar-refractivity contribution is 5.74. The van der Waals surface area contributed by atoms with Crippen molar-refractivity contribution in [3.05, 3.63) is 0 Å². The maximum Gasteiger partial charge on any atom is 0.309 e. The Morgan fingerprint density at radius 3 is 2.92 bits per heavy atom. The smallest absolute Gasteiger partial charge is 0.309 e. The van der Waals surface area contributed by atoms with Gasteiger partial charge in [0.1, 0.15) is 6.10 Å². The van der Waals surface area contributed by atoms with Crippen LogP contribution in [0.3, 0.4) is 0 Å². The molecule has 2 heteroatoms. The van der Waals surface area contributed by atoms with Crippen LogP contribution < -0.4 is 0 Å². The SMILES string of the molecule is CCC1CCC2OC(=O)C(C)C2C1. The molecular formula is C11H18O2. The fraction of sp³-hybridized carbons (Fsp3) is 0.909. The van der Waals surface area contributed by atoms with E-state index in [0.29, 0.717) is 5.92 Å². The van der Waals surface area contributed by atoms with Gasteiger partial charge in [0.2, 0.25) is 0 Å². The van der Waals surface area contributed by atoms with Crippen molar-refractivity contribution in [2.75, 3.05) is 0 Å². The Morgan fingerprint density at radius 2 is 2.23 bits per heavy atom. The van der Waals surface area contributed by atoms with Crippen molar-refractivity contribution in [2.45, 2.75) is 45.6 Å². The van der Waals surface area contributed by atoms with Crippen LogP contribution in [0.2, 0.25) is 0 Å². The van der Waals surface area contributed by atoms with E-state index in [1.807, 2.05) is 6.92 Å². The second-order valence-electron chi connectivity index (χ2n) is 4.52. The van der Waals surface area contributed by atoms with Gasteiger partial charge in [0.25, 0.3) is 0 Å². The van der Waals surface area contributed by atoms with E-state index in [9.17, 15) is 4.79 Å². The van der Waals surface area contributed by atoms with Crippen LogP contribution in [0.15, 0.2) is 0 Å². The molecule has 0 radical (unpaired) electrons. The van der Waals surface area contributed by atoms with Crippen LogP contribution >= 0.6 is 0 Å². The average Bonchev–Trinajstić information content (AvgIpc) is 2.43. The summed E-state index contributed by atoms with van der Waals surface area (Å²) in [6.45, 7) is 4.26. The Bertz CT molecular complexity index is 212. The van der Waals surface area contributed by atoms with Gasteiger partial charge in [-0.3, -0.25) is 4.79 Å². The van der Waals surface area contributed by atoms with Gasteiger partial charge in [-0.2, -0.15) is 0 Å². The predicted octanol–water partition coefficient (Wildman–Crippen LogP) is 2.37. The molecule has 1 saturated carbocycles. The molecule has 2 rings (SSSR count). The van der Waals surface area contributed by atoms with E-state index in [-0.39, 0.29) is 18.0 Å². The molecule has 0 N–H and O–H groups in total. The van der Waals surface area contributed by atoms with Gasteiger partial charge in [-0.15, -0.1) is 0 Å². The van der Waals surface area contributed by atoms with Crippen molar-refractivity contribution in [1.82, 2.24) is 0 Å². The molecule has 1 heterocycles. The van der Waals surface area contributed by atoms with Crippen LogP contribution in [0.1, 0.15) is 39.5 Å². The largest absolute Gasteiger partial charge is 0.462 e. The number of fused-ring (bicyclic) bond motifs is 1. The lowest BCUT2D eigenvalue weighted by atomic mass is 9.75. The average molecular weight is 182 g/mol. The van der Waals surface area contributed by atoms with Crippen molar-refractivity contribution < 1.29 is 9.53 Å². The van der Waals surface area contributed by atoms with Gasteiger partial charge in [0, 0.05) is 5.92 Å². The molecule has 0 aromatic carbocycles. The molecule has 74 valence electrons. The van der Waals surface area contributed by atoms with Gasteiger partial charge < -0.3 is 4.74 Å². The normalized spacial score (nSPS) is 44.3. The first-order valence-corrected chi connectivity index (χ1v) is 5.42. The molecule has 13 heavy (non-hydrogen) atoms. The van der Waals surface area contributed by atoms with Crippen molar-refractivity contribution in [2.24, 2.45) is 17.8 Å². The molecule has 0 amide bonds. The molecule has 1 saturated heterocycles. The maximum absolute atomic E-state index is 11.3. The summed E-state index contributed by atoms with van der Waals surface area (Å²) < 4.78 is 5.33. The first-order valence-electron chi connectivity index (χ1n) is 5.42. The molecule has 0 bridgehead atoms. The molecule has 4 unspecified atom stereocenters. The Hall–Kier alpha value is -0.530. The Kier molecular flexibility index (Phi) is 2.31. The second-order valence-corrected chi connectivity index (χ2v) is 4.52. The summed E-state index contributed by atoms with van der Waals surface area (Å²) in [4.78, 5) is 11.3. The predicted molar refractivity (Wildman–Crippen MR) is 50.2 cm³/mol. The number of esters is 1. The summed E-state index contributed by atoms with van der Waals surface area (Å²) in [5.74, 6) is 1.54. The van der Waals surface area contributed by atoms with Crippen molar-refractivity contribution in [3.63, 3.8) is 0 Å². The number of hydrogen-bond acceptors (Lipinski definition) is 2. The van der Waals surface area contributed by atoms with E-state index in [1.54, 1.807) is 0 Å². The Morgan fingerprint density at radius 1 is 1.46 bits per heavy atom. The highest BCUT2D eigenvalue weighted by Gasteiger charge is 2.44. The minimum absolute atomic E-state index is 0.0340. The van der Waals surface area contributed by atoms with Crippen molar-refractivity contribution >= 4 is 5.97 Å². The van der Waals surface area contributed by atoms with Gasteiger partial charge in [0.05, 0.1) is 5.92 Å². The molecule has 1 aliphatic carbocycles. The first-order chi connectivity index (χ1) is 6.22. The molecule has 0 aromatic heterocycles. The highest BCUT2D eigenvalue weighted by atomic mass is 16.6. The van der Waals surface area contributed by atoms with Crippen LogP contribution in [-0.2, 0) is 9.53 Å². The minimum Gasteiger partial charge on any atom is -0.462 e. The molecular weight excluding hydrogens is 164 g/mol. The lowest BCUT2D eigenvalue weighted by Crippen LogP contribution is -2.28. The third kappa shape index (κ3) is 1.47. The zero-order valence-corrected chi connectivity index (χ0v) is 8.45. The van der Waals surface area contributed by atoms with Crippen LogP contribution in [0.4, 0.5) is 0 Å². The molecule has 0 spiro atoms. The topological polar surface area (TPSA) is 26.3 Å². The molecule has 2 aliphatic rings. The number of ether oxygens (including phenoxy) is 1. The van der Waals surface area contributed by atoms with Gasteiger partial charge >= 0.3 is 5.97 Å². The zero-order valence-electron chi connectivity index (χ0n) is 8.45. The monoisotopic (exact) mass is 182 g/mol. The molecule has 0 aromatic rings. The van der Waals surface area contributed by atoms with E-state index >= 15 is 0 Å². The van der Waals surface area contributed by atoms with Gasteiger partial charge in [0.15, 0.2) is 0 Å². The van der Waals surface area contributed by atoms with Crippen molar-refractivity contribution in [1.29, 1.82) is 0 Å². The maximum atomic E-state index is 11.3. The summed E-state index contributed by atoms with van der Waals surface area (Å²) >= 11 is 0. The second kappa shape index (κ2) is 3.32. The van der Waals surface area contributed by atoms with Crippen LogP contribution in [0, 0.1) is 17.8 Å². The van der Waals surface area contributed by atoms with Crippen molar-refractivity contribution in [3.8, 4) is 0 Å². The summed E-state index contributed by atoms with van der Waals surface area (Å²) in [6, 6.07) is 0. The zero-order chi connectivity index (χ0) is 9.42. The highest BCUT2D eigenvalue weighted by Crippen LogP contribution is 2.41. The molecule has 2 nitrogen and oxygen atoms in total. The van der Waals surface area contributed by atoms with Crippen LogP contribution in [0.5, 0.6) is 0 Å². The van der Waals surface area contributed by atoms with Gasteiger partial charge in [-0.05, 0) is 25.2 Å². The standard InChI is InChI=1S/C11H18O2/c1-3-8-4-5-10-9(6-8)7(2)11(12)13-10/h7-10H,3-6H2,1-2H3. The third-order valence-corrected chi connectivity index (χ3v) is 3.80. The Balaban J connectivity index is 2.05. The van der Waals surface area contributed by atoms with E-state index in [1.165, 1.54) is 19.3 Å². The van der Waals surface area contributed by atoms with Crippen LogP contribution in [0.25, 0.3) is 0 Å². The van der Waals surface area contributed by atoms with E-state index in [2.05, 4.69) is 6.92 Å². The third-order valence-electron chi connectivity index (χ3n) is 3.80. The van der Waals surface area contributed by atoms with Crippen LogP contribution in [-0.4, -0.2) is 12.1 Å². The lowest BCUT2D eigenvalue weighted by Gasteiger charge is -2.30. The summed E-state index contributed by atoms with van der Waals surface area (Å²) in [6.07, 6.45) is 5.06. The molecule has 4 atom stereocenters. The quantitative estimate of drug-likeness (QED) is 0.582. The first kappa shape index (κ1) is 9.04. The molecule has 1 aliphatic heterocycles. The summed E-state index contributed by atoms with van der Waals surface area (Å²) in [5.41, 5.74) is 0. The Labute approximate surface area is 79.7 Å². The summed E-state index contributed by atoms with van der Waals surface area (Å²) in [5, 5.41) is 0. The van der Waals surface area contributed by atoms with Gasteiger partial charge in [-0.25, -0.2) is 0 Å². The number of hydrogen-bond donors (Lipinski definition) is 0.